The Morgan fingerprint density at radius 1 is 1.56 bits per heavy atom. The van der Waals surface area contributed by atoms with E-state index in [1.807, 2.05) is 0 Å². The van der Waals surface area contributed by atoms with E-state index in [0.29, 0.717) is 11.0 Å². The van der Waals surface area contributed by atoms with Gasteiger partial charge in [-0.1, -0.05) is 36.3 Å². The number of thiazole rings is 1. The summed E-state index contributed by atoms with van der Waals surface area (Å²) in [5, 5.41) is 1.62. The molecule has 2 rings (SSSR count). The second-order valence-corrected chi connectivity index (χ2v) is 5.89. The molecule has 90 valence electrons. The van der Waals surface area contributed by atoms with Crippen LogP contribution in [0.5, 0.6) is 0 Å². The van der Waals surface area contributed by atoms with Gasteiger partial charge in [-0.3, -0.25) is 0 Å². The Hall–Kier alpha value is 0.01000. The molecular weight excluding hydrogens is 263 g/mol. The maximum absolute atomic E-state index is 6.02. The van der Waals surface area contributed by atoms with Gasteiger partial charge in [0.1, 0.15) is 5.15 Å². The summed E-state index contributed by atoms with van der Waals surface area (Å²) in [5.41, 5.74) is 0. The van der Waals surface area contributed by atoms with Crippen LogP contribution in [0.4, 0.5) is 5.13 Å². The van der Waals surface area contributed by atoms with E-state index in [2.05, 4.69) is 16.8 Å². The van der Waals surface area contributed by atoms with Crippen LogP contribution in [0.25, 0.3) is 0 Å². The molecule has 1 saturated heterocycles. The average Bonchev–Trinajstić information content (AvgIpc) is 2.71. The second kappa shape index (κ2) is 5.56. The Balaban J connectivity index is 2.10. The normalized spacial score (nSPS) is 21.4. The first kappa shape index (κ1) is 12.5. The lowest BCUT2D eigenvalue weighted by Gasteiger charge is -2.31. The van der Waals surface area contributed by atoms with Crippen LogP contribution in [-0.4, -0.2) is 18.1 Å². The van der Waals surface area contributed by atoms with Crippen LogP contribution >= 0.6 is 34.5 Å². The number of alkyl halides is 1. The highest BCUT2D eigenvalue weighted by molar-refractivity contribution is 7.16. The van der Waals surface area contributed by atoms with E-state index in [9.17, 15) is 0 Å². The predicted molar refractivity (Wildman–Crippen MR) is 71.9 cm³/mol. The minimum atomic E-state index is 0.460. The number of nitrogens with zero attached hydrogens (tertiary/aromatic N) is 2. The van der Waals surface area contributed by atoms with Crippen molar-refractivity contribution in [1.29, 1.82) is 0 Å². The molecule has 0 amide bonds. The van der Waals surface area contributed by atoms with Crippen LogP contribution in [0, 0.1) is 5.92 Å². The van der Waals surface area contributed by atoms with Crippen LogP contribution in [0.1, 0.15) is 31.1 Å². The summed E-state index contributed by atoms with van der Waals surface area (Å²) in [4.78, 5) is 7.73. The molecule has 1 unspecified atom stereocenters. The predicted octanol–water partition coefficient (Wildman–Crippen LogP) is 4.16. The first-order valence-electron chi connectivity index (χ1n) is 5.70. The zero-order valence-electron chi connectivity index (χ0n) is 9.38. The summed E-state index contributed by atoms with van der Waals surface area (Å²) in [6.07, 6.45) is 3.85. The standard InChI is InChI=1S/C11H16Cl2N2S/c1-2-8-4-3-5-15(7-8)11-14-10(13)9(6-12)16-11/h8H,2-7H2,1H3. The van der Waals surface area contributed by atoms with Crippen molar-refractivity contribution in [1.82, 2.24) is 4.98 Å². The first-order valence-corrected chi connectivity index (χ1v) is 7.43. The molecule has 0 spiro atoms. The Kier molecular flexibility index (Phi) is 4.34. The number of piperidine rings is 1. The van der Waals surface area contributed by atoms with Gasteiger partial charge in [-0.2, -0.15) is 0 Å². The number of anilines is 1. The highest BCUT2D eigenvalue weighted by atomic mass is 35.5. The molecule has 0 N–H and O–H groups in total. The quantitative estimate of drug-likeness (QED) is 0.772. The molecule has 1 aliphatic heterocycles. The van der Waals surface area contributed by atoms with E-state index in [4.69, 9.17) is 23.2 Å². The summed E-state index contributed by atoms with van der Waals surface area (Å²) in [7, 11) is 0. The zero-order chi connectivity index (χ0) is 11.5. The highest BCUT2D eigenvalue weighted by Crippen LogP contribution is 2.33. The van der Waals surface area contributed by atoms with Gasteiger partial charge in [0.2, 0.25) is 0 Å². The van der Waals surface area contributed by atoms with Gasteiger partial charge < -0.3 is 4.90 Å². The van der Waals surface area contributed by atoms with Crippen molar-refractivity contribution in [3.8, 4) is 0 Å². The van der Waals surface area contributed by atoms with E-state index < -0.39 is 0 Å². The van der Waals surface area contributed by atoms with Gasteiger partial charge in [-0.15, -0.1) is 11.6 Å². The Morgan fingerprint density at radius 2 is 2.38 bits per heavy atom. The molecule has 0 radical (unpaired) electrons. The van der Waals surface area contributed by atoms with E-state index >= 15 is 0 Å². The van der Waals surface area contributed by atoms with Gasteiger partial charge in [0.05, 0.1) is 10.8 Å². The molecule has 0 aromatic carbocycles. The summed E-state index contributed by atoms with van der Waals surface area (Å²) < 4.78 is 0. The fourth-order valence-electron chi connectivity index (χ4n) is 2.11. The van der Waals surface area contributed by atoms with Gasteiger partial charge in [0.25, 0.3) is 0 Å². The van der Waals surface area contributed by atoms with Crippen LogP contribution in [-0.2, 0) is 5.88 Å². The molecule has 0 saturated carbocycles. The van der Waals surface area contributed by atoms with E-state index in [0.717, 1.165) is 29.0 Å². The van der Waals surface area contributed by atoms with Crippen molar-refractivity contribution in [3.05, 3.63) is 10.0 Å². The number of hydrogen-bond acceptors (Lipinski definition) is 3. The van der Waals surface area contributed by atoms with Crippen LogP contribution in [0.15, 0.2) is 0 Å². The lowest BCUT2D eigenvalue weighted by atomic mass is 9.96. The summed E-state index contributed by atoms with van der Waals surface area (Å²) >= 11 is 13.5. The third kappa shape index (κ3) is 2.63. The lowest BCUT2D eigenvalue weighted by Crippen LogP contribution is -2.35. The van der Waals surface area contributed by atoms with Gasteiger partial charge in [0, 0.05) is 13.1 Å². The monoisotopic (exact) mass is 278 g/mol. The summed E-state index contributed by atoms with van der Waals surface area (Å²) in [5.74, 6) is 1.26. The third-order valence-corrected chi connectivity index (χ3v) is 5.09. The van der Waals surface area contributed by atoms with Crippen molar-refractivity contribution in [2.45, 2.75) is 32.1 Å². The van der Waals surface area contributed by atoms with Crippen LogP contribution in [0.2, 0.25) is 5.15 Å². The SMILES string of the molecule is CCC1CCCN(c2nc(Cl)c(CCl)s2)C1. The summed E-state index contributed by atoms with van der Waals surface area (Å²) in [6, 6.07) is 0. The fraction of sp³-hybridized carbons (Fsp3) is 0.727. The number of aromatic nitrogens is 1. The molecule has 0 bridgehead atoms. The Morgan fingerprint density at radius 3 is 3.00 bits per heavy atom. The molecule has 1 atom stereocenters. The minimum absolute atomic E-state index is 0.460. The van der Waals surface area contributed by atoms with Gasteiger partial charge in [-0.05, 0) is 18.8 Å². The maximum atomic E-state index is 6.02. The molecule has 1 aliphatic rings. The smallest absolute Gasteiger partial charge is 0.187 e. The zero-order valence-corrected chi connectivity index (χ0v) is 11.7. The fourth-order valence-corrected chi connectivity index (χ4v) is 3.62. The summed E-state index contributed by atoms with van der Waals surface area (Å²) in [6.45, 7) is 4.47. The van der Waals surface area contributed by atoms with Crippen molar-refractivity contribution in [2.75, 3.05) is 18.0 Å². The second-order valence-electron chi connectivity index (χ2n) is 4.21. The van der Waals surface area contributed by atoms with E-state index in [-0.39, 0.29) is 0 Å². The van der Waals surface area contributed by atoms with Gasteiger partial charge in [-0.25, -0.2) is 4.98 Å². The third-order valence-electron chi connectivity index (χ3n) is 3.13. The van der Waals surface area contributed by atoms with Crippen molar-refractivity contribution < 1.29 is 0 Å². The number of rotatable bonds is 3. The van der Waals surface area contributed by atoms with Gasteiger partial charge >= 0.3 is 0 Å². The molecule has 1 aromatic rings. The molecule has 2 nitrogen and oxygen atoms in total. The Bertz CT molecular complexity index is 354. The van der Waals surface area contributed by atoms with Crippen molar-refractivity contribution >= 4 is 39.7 Å². The molecule has 2 heterocycles. The molecular formula is C11H16Cl2N2S. The molecule has 16 heavy (non-hydrogen) atoms. The number of hydrogen-bond donors (Lipinski definition) is 0. The van der Waals surface area contributed by atoms with Crippen LogP contribution < -0.4 is 4.90 Å². The molecule has 1 aromatic heterocycles. The maximum Gasteiger partial charge on any atom is 0.187 e. The molecule has 0 aliphatic carbocycles. The lowest BCUT2D eigenvalue weighted by molar-refractivity contribution is 0.404. The van der Waals surface area contributed by atoms with E-state index in [1.165, 1.54) is 19.3 Å². The van der Waals surface area contributed by atoms with Gasteiger partial charge in [0.15, 0.2) is 5.13 Å². The average molecular weight is 279 g/mol. The molecule has 5 heteroatoms. The van der Waals surface area contributed by atoms with E-state index in [1.54, 1.807) is 11.3 Å². The largest absolute Gasteiger partial charge is 0.348 e. The topological polar surface area (TPSA) is 16.1 Å². The van der Waals surface area contributed by atoms with Crippen molar-refractivity contribution in [2.24, 2.45) is 5.92 Å². The van der Waals surface area contributed by atoms with Crippen LogP contribution in [0.3, 0.4) is 0 Å². The highest BCUT2D eigenvalue weighted by Gasteiger charge is 2.21. The van der Waals surface area contributed by atoms with Crippen molar-refractivity contribution in [3.63, 3.8) is 0 Å². The molecule has 1 fully saturated rings. The minimum Gasteiger partial charge on any atom is -0.348 e. The number of halogens is 2. The Labute approximate surface area is 111 Å². The first-order chi connectivity index (χ1) is 7.74.